The Morgan fingerprint density at radius 3 is 2.68 bits per heavy atom. The first-order valence-electron chi connectivity index (χ1n) is 10.4. The fraction of sp³-hybridized carbons (Fsp3) is 0.667. The molecule has 0 atom stereocenters. The van der Waals surface area contributed by atoms with Gasteiger partial charge in [-0.2, -0.15) is 0 Å². The number of aliphatic imine (C=N–C) groups is 1. The number of nitrogens with one attached hydrogen (secondary N) is 2. The number of guanidine groups is 1. The maximum atomic E-state index is 5.71. The maximum Gasteiger partial charge on any atom is 0.191 e. The van der Waals surface area contributed by atoms with E-state index in [1.165, 1.54) is 32.6 Å². The average molecular weight is 503 g/mol. The van der Waals surface area contributed by atoms with Crippen molar-refractivity contribution in [3.8, 4) is 5.75 Å². The van der Waals surface area contributed by atoms with Gasteiger partial charge in [-0.25, -0.2) is 0 Å². The second-order valence-electron chi connectivity index (χ2n) is 7.05. The normalized spacial score (nSPS) is 16.1. The molecule has 1 aliphatic heterocycles. The van der Waals surface area contributed by atoms with Crippen LogP contribution in [0.5, 0.6) is 5.75 Å². The highest BCUT2D eigenvalue weighted by Gasteiger charge is 2.11. The Balaban J connectivity index is 0.00000392. The summed E-state index contributed by atoms with van der Waals surface area (Å²) in [6, 6.07) is 9.94. The van der Waals surface area contributed by atoms with Crippen LogP contribution in [0.4, 0.5) is 0 Å². The number of likely N-dealkylation sites (N-methyl/N-ethyl adjacent to an activating group) is 1. The largest absolute Gasteiger partial charge is 0.494 e. The van der Waals surface area contributed by atoms with Gasteiger partial charge in [-0.05, 0) is 58.6 Å². The molecule has 28 heavy (non-hydrogen) atoms. The third kappa shape index (κ3) is 11.1. The van der Waals surface area contributed by atoms with Crippen LogP contribution in [0.3, 0.4) is 0 Å². The van der Waals surface area contributed by atoms with Gasteiger partial charge in [0.1, 0.15) is 5.75 Å². The molecule has 160 valence electrons. The van der Waals surface area contributed by atoms with Gasteiger partial charge >= 0.3 is 0 Å². The summed E-state index contributed by atoms with van der Waals surface area (Å²) in [6.07, 6.45) is 3.33. The van der Waals surface area contributed by atoms with Crippen LogP contribution >= 0.6 is 24.0 Å². The standard InChI is InChI=1S/C21H37N5O.HI/c1-3-22-21(24-13-8-19-27-20-10-5-4-6-11-20)23-12-7-15-26-16-9-14-25(2)17-18-26;/h4-6,10-11H,3,7-9,12-19H2,1-2H3,(H2,22,23,24);1H. The van der Waals surface area contributed by atoms with Crippen molar-refractivity contribution >= 4 is 29.9 Å². The molecular formula is C21H38IN5O. The van der Waals surface area contributed by atoms with Crippen LogP contribution < -0.4 is 15.4 Å². The van der Waals surface area contributed by atoms with Crippen LogP contribution in [0.1, 0.15) is 26.2 Å². The summed E-state index contributed by atoms with van der Waals surface area (Å²) in [5, 5.41) is 6.78. The van der Waals surface area contributed by atoms with Gasteiger partial charge in [0.2, 0.25) is 0 Å². The van der Waals surface area contributed by atoms with E-state index < -0.39 is 0 Å². The number of nitrogens with zero attached hydrogens (tertiary/aromatic N) is 3. The summed E-state index contributed by atoms with van der Waals surface area (Å²) in [6.45, 7) is 11.4. The number of rotatable bonds is 10. The Labute approximate surface area is 188 Å². The molecule has 0 saturated carbocycles. The Hall–Kier alpha value is -1.06. The lowest BCUT2D eigenvalue weighted by molar-refractivity contribution is 0.274. The fourth-order valence-corrected chi connectivity index (χ4v) is 3.14. The number of halogens is 1. The molecule has 0 unspecified atom stereocenters. The summed E-state index contributed by atoms with van der Waals surface area (Å²) < 4.78 is 5.71. The molecule has 0 spiro atoms. The van der Waals surface area contributed by atoms with Gasteiger partial charge in [-0.15, -0.1) is 24.0 Å². The highest BCUT2D eigenvalue weighted by molar-refractivity contribution is 14.0. The molecule has 0 aromatic heterocycles. The molecule has 2 rings (SSSR count). The molecule has 1 saturated heterocycles. The molecule has 0 radical (unpaired) electrons. The Kier molecular flexibility index (Phi) is 14.1. The van der Waals surface area contributed by atoms with Gasteiger partial charge < -0.3 is 25.2 Å². The zero-order chi connectivity index (χ0) is 19.2. The summed E-state index contributed by atoms with van der Waals surface area (Å²) in [4.78, 5) is 9.65. The minimum absolute atomic E-state index is 0. The highest BCUT2D eigenvalue weighted by atomic mass is 127. The van der Waals surface area contributed by atoms with Crippen LogP contribution in [-0.4, -0.2) is 81.8 Å². The number of ether oxygens (including phenoxy) is 1. The van der Waals surface area contributed by atoms with Gasteiger partial charge in [0.15, 0.2) is 5.96 Å². The summed E-state index contributed by atoms with van der Waals surface area (Å²) in [5.74, 6) is 1.83. The number of hydrogen-bond donors (Lipinski definition) is 2. The molecule has 1 aromatic rings. The van der Waals surface area contributed by atoms with Crippen molar-refractivity contribution in [3.63, 3.8) is 0 Å². The highest BCUT2D eigenvalue weighted by Crippen LogP contribution is 2.08. The second-order valence-corrected chi connectivity index (χ2v) is 7.05. The van der Waals surface area contributed by atoms with Gasteiger partial charge in [-0.1, -0.05) is 18.2 Å². The van der Waals surface area contributed by atoms with E-state index in [1.54, 1.807) is 0 Å². The van der Waals surface area contributed by atoms with Gasteiger partial charge in [0.25, 0.3) is 0 Å². The van der Waals surface area contributed by atoms with E-state index in [9.17, 15) is 0 Å². The van der Waals surface area contributed by atoms with E-state index >= 15 is 0 Å². The third-order valence-electron chi connectivity index (χ3n) is 4.68. The van der Waals surface area contributed by atoms with Crippen molar-refractivity contribution in [2.45, 2.75) is 26.2 Å². The zero-order valence-electron chi connectivity index (χ0n) is 17.5. The average Bonchev–Trinajstić information content (AvgIpc) is 2.90. The maximum absolute atomic E-state index is 5.71. The lowest BCUT2D eigenvalue weighted by atomic mass is 10.3. The van der Waals surface area contributed by atoms with Crippen molar-refractivity contribution in [2.24, 2.45) is 4.99 Å². The monoisotopic (exact) mass is 503 g/mol. The zero-order valence-corrected chi connectivity index (χ0v) is 19.9. The van der Waals surface area contributed by atoms with Crippen molar-refractivity contribution in [2.75, 3.05) is 66.0 Å². The topological polar surface area (TPSA) is 52.1 Å². The van der Waals surface area contributed by atoms with Crippen LogP contribution in [0.25, 0.3) is 0 Å². The van der Waals surface area contributed by atoms with Crippen LogP contribution in [0.2, 0.25) is 0 Å². The minimum Gasteiger partial charge on any atom is -0.494 e. The Morgan fingerprint density at radius 2 is 1.89 bits per heavy atom. The summed E-state index contributed by atoms with van der Waals surface area (Å²) >= 11 is 0. The predicted octanol–water partition coefficient (Wildman–Crippen LogP) is 2.66. The number of para-hydroxylation sites is 1. The first kappa shape index (κ1) is 25.0. The lowest BCUT2D eigenvalue weighted by Gasteiger charge is -2.20. The lowest BCUT2D eigenvalue weighted by Crippen LogP contribution is -2.39. The number of hydrogen-bond acceptors (Lipinski definition) is 4. The molecule has 2 N–H and O–H groups in total. The molecule has 0 aliphatic carbocycles. The van der Waals surface area contributed by atoms with Gasteiger partial charge in [0.05, 0.1) is 6.61 Å². The molecule has 7 heteroatoms. The number of benzene rings is 1. The van der Waals surface area contributed by atoms with E-state index in [1.807, 2.05) is 30.3 Å². The molecule has 1 aliphatic rings. The molecule has 1 aromatic carbocycles. The molecule has 1 heterocycles. The van der Waals surface area contributed by atoms with Crippen molar-refractivity contribution < 1.29 is 4.74 Å². The molecular weight excluding hydrogens is 465 g/mol. The van der Waals surface area contributed by atoms with Gasteiger partial charge in [-0.3, -0.25) is 4.99 Å². The molecule has 1 fully saturated rings. The van der Waals surface area contributed by atoms with E-state index in [0.717, 1.165) is 50.7 Å². The molecule has 0 bridgehead atoms. The van der Waals surface area contributed by atoms with Crippen molar-refractivity contribution in [3.05, 3.63) is 30.3 Å². The Bertz CT molecular complexity index is 529. The summed E-state index contributed by atoms with van der Waals surface area (Å²) in [7, 11) is 2.22. The first-order chi connectivity index (χ1) is 13.3. The Morgan fingerprint density at radius 1 is 1.07 bits per heavy atom. The first-order valence-corrected chi connectivity index (χ1v) is 10.4. The quantitative estimate of drug-likeness (QED) is 0.223. The van der Waals surface area contributed by atoms with E-state index in [2.05, 4.69) is 39.4 Å². The van der Waals surface area contributed by atoms with Gasteiger partial charge in [0, 0.05) is 39.1 Å². The fourth-order valence-electron chi connectivity index (χ4n) is 3.14. The molecule has 6 nitrogen and oxygen atoms in total. The smallest absolute Gasteiger partial charge is 0.191 e. The predicted molar refractivity (Wildman–Crippen MR) is 129 cm³/mol. The minimum atomic E-state index is 0. The van der Waals surface area contributed by atoms with E-state index in [4.69, 9.17) is 4.74 Å². The van der Waals surface area contributed by atoms with Crippen LogP contribution in [0, 0.1) is 0 Å². The SMILES string of the molecule is CCNC(=NCCCOc1ccccc1)NCCCN1CCCN(C)CC1.I. The van der Waals surface area contributed by atoms with Crippen LogP contribution in [-0.2, 0) is 0 Å². The summed E-state index contributed by atoms with van der Waals surface area (Å²) in [5.41, 5.74) is 0. The van der Waals surface area contributed by atoms with E-state index in [0.29, 0.717) is 6.61 Å². The van der Waals surface area contributed by atoms with Crippen LogP contribution in [0.15, 0.2) is 35.3 Å². The third-order valence-corrected chi connectivity index (χ3v) is 4.68. The van der Waals surface area contributed by atoms with E-state index in [-0.39, 0.29) is 24.0 Å². The van der Waals surface area contributed by atoms with Crippen molar-refractivity contribution in [1.82, 2.24) is 20.4 Å². The van der Waals surface area contributed by atoms with Crippen molar-refractivity contribution in [1.29, 1.82) is 0 Å². The second kappa shape index (κ2) is 15.8. The molecule has 0 amide bonds.